The van der Waals surface area contributed by atoms with E-state index in [1.54, 1.807) is 34.4 Å². The zero-order valence-corrected chi connectivity index (χ0v) is 23.9. The molecule has 1 aromatic heterocycles. The molecule has 0 fully saturated rings. The molecule has 0 N–H and O–H groups in total. The van der Waals surface area contributed by atoms with Gasteiger partial charge in [0.2, 0.25) is 12.7 Å². The van der Waals surface area contributed by atoms with Crippen molar-refractivity contribution in [1.29, 1.82) is 0 Å². The van der Waals surface area contributed by atoms with Crippen molar-refractivity contribution in [2.45, 2.75) is 46.6 Å². The van der Waals surface area contributed by atoms with E-state index in [2.05, 4.69) is 38.3 Å². The highest BCUT2D eigenvalue weighted by molar-refractivity contribution is 7.10. The van der Waals surface area contributed by atoms with Crippen molar-refractivity contribution in [2.75, 3.05) is 33.0 Å². The molecule has 8 heteroatoms. The average molecular weight is 549 g/mol. The van der Waals surface area contributed by atoms with Gasteiger partial charge in [0.25, 0.3) is 5.91 Å². The van der Waals surface area contributed by atoms with E-state index in [1.807, 2.05) is 24.0 Å². The number of carbonyl (C=O) groups excluding carboxylic acids is 2. The second kappa shape index (κ2) is 11.7. The van der Waals surface area contributed by atoms with Crippen molar-refractivity contribution in [3.05, 3.63) is 75.0 Å². The first kappa shape index (κ1) is 27.1. The highest BCUT2D eigenvalue weighted by atomic mass is 32.1. The molecule has 0 unspecified atom stereocenters. The summed E-state index contributed by atoms with van der Waals surface area (Å²) >= 11 is 1.73. The lowest BCUT2D eigenvalue weighted by Crippen LogP contribution is -2.48. The molecule has 0 aliphatic carbocycles. The van der Waals surface area contributed by atoms with E-state index >= 15 is 0 Å². The van der Waals surface area contributed by atoms with Crippen LogP contribution in [0.5, 0.6) is 17.2 Å². The Kier molecular flexibility index (Phi) is 8.12. The van der Waals surface area contributed by atoms with Crippen LogP contribution in [-0.2, 0) is 11.2 Å². The van der Waals surface area contributed by atoms with Crippen LogP contribution >= 0.6 is 11.3 Å². The molecule has 7 nitrogen and oxygen atoms in total. The zero-order chi connectivity index (χ0) is 27.5. The Bertz CT molecular complexity index is 1350. The van der Waals surface area contributed by atoms with Crippen LogP contribution in [0.2, 0.25) is 0 Å². The van der Waals surface area contributed by atoms with Crippen molar-refractivity contribution >= 4 is 23.2 Å². The second-order valence-corrected chi connectivity index (χ2v) is 11.5. The lowest BCUT2D eigenvalue weighted by Gasteiger charge is -2.37. The maximum Gasteiger partial charge on any atom is 0.254 e. The summed E-state index contributed by atoms with van der Waals surface area (Å²) in [6.07, 6.45) is 1.72. The van der Waals surface area contributed by atoms with Crippen molar-refractivity contribution < 1.29 is 23.8 Å². The average Bonchev–Trinajstić information content (AvgIpc) is 3.60. The number of nitrogens with zero attached hydrogens (tertiary/aromatic N) is 2. The molecule has 3 heterocycles. The Balaban J connectivity index is 1.36. The van der Waals surface area contributed by atoms with Crippen LogP contribution in [0.4, 0.5) is 0 Å². The van der Waals surface area contributed by atoms with E-state index in [0.29, 0.717) is 36.8 Å². The van der Waals surface area contributed by atoms with Gasteiger partial charge in [0, 0.05) is 23.5 Å². The number of aryl methyl sites for hydroxylation is 2. The fourth-order valence-corrected chi connectivity index (χ4v) is 6.12. The minimum atomic E-state index is -0.209. The summed E-state index contributed by atoms with van der Waals surface area (Å²) in [5.74, 6) is 2.01. The van der Waals surface area contributed by atoms with Gasteiger partial charge in [-0.1, -0.05) is 38.0 Å². The maximum atomic E-state index is 13.9. The quantitative estimate of drug-likeness (QED) is 0.339. The van der Waals surface area contributed by atoms with Gasteiger partial charge in [0.15, 0.2) is 11.5 Å². The van der Waals surface area contributed by atoms with Crippen LogP contribution in [-0.4, -0.2) is 54.6 Å². The number of amides is 2. The van der Waals surface area contributed by atoms with Crippen LogP contribution in [0.15, 0.2) is 47.8 Å². The SMILES string of the molecule is CC[C@@H](C)CN(CC(=O)N1CCc2sccc2[C@H]1COc1ccc(C)cc1C)C(=O)c1ccc2c(c1)OCO2. The molecule has 0 radical (unpaired) electrons. The largest absolute Gasteiger partial charge is 0.491 e. The van der Waals surface area contributed by atoms with E-state index in [4.69, 9.17) is 14.2 Å². The Hall–Kier alpha value is -3.52. The number of benzene rings is 2. The summed E-state index contributed by atoms with van der Waals surface area (Å²) in [6.45, 7) is 9.91. The van der Waals surface area contributed by atoms with Gasteiger partial charge in [-0.2, -0.15) is 0 Å². The van der Waals surface area contributed by atoms with E-state index in [1.165, 1.54) is 10.4 Å². The van der Waals surface area contributed by atoms with Crippen LogP contribution in [0.25, 0.3) is 0 Å². The molecule has 2 aliphatic rings. The summed E-state index contributed by atoms with van der Waals surface area (Å²) in [4.78, 5) is 32.4. The summed E-state index contributed by atoms with van der Waals surface area (Å²) in [5.41, 5.74) is 3.88. The second-order valence-electron chi connectivity index (χ2n) is 10.5. The molecule has 3 aromatic rings. The van der Waals surface area contributed by atoms with Crippen LogP contribution < -0.4 is 14.2 Å². The fraction of sp³-hybridized carbons (Fsp3) is 0.419. The molecule has 2 atom stereocenters. The van der Waals surface area contributed by atoms with E-state index in [-0.39, 0.29) is 37.1 Å². The van der Waals surface area contributed by atoms with Gasteiger partial charge in [-0.25, -0.2) is 0 Å². The third-order valence-corrected chi connectivity index (χ3v) is 8.60. The first-order valence-electron chi connectivity index (χ1n) is 13.6. The van der Waals surface area contributed by atoms with Gasteiger partial charge in [-0.3, -0.25) is 9.59 Å². The predicted octanol–water partition coefficient (Wildman–Crippen LogP) is 5.79. The molecular weight excluding hydrogens is 512 g/mol. The number of hydrogen-bond donors (Lipinski definition) is 0. The number of carbonyl (C=O) groups is 2. The Morgan fingerprint density at radius 3 is 2.74 bits per heavy atom. The molecule has 0 bridgehead atoms. The van der Waals surface area contributed by atoms with E-state index < -0.39 is 0 Å². The minimum absolute atomic E-state index is 0.0111. The van der Waals surface area contributed by atoms with Crippen molar-refractivity contribution in [1.82, 2.24) is 9.80 Å². The monoisotopic (exact) mass is 548 g/mol. The van der Waals surface area contributed by atoms with Crippen LogP contribution in [0.1, 0.15) is 58.2 Å². The molecular formula is C31H36N2O5S. The number of hydrogen-bond acceptors (Lipinski definition) is 6. The molecule has 0 saturated heterocycles. The Morgan fingerprint density at radius 1 is 1.13 bits per heavy atom. The third-order valence-electron chi connectivity index (χ3n) is 7.60. The Labute approximate surface area is 234 Å². The van der Waals surface area contributed by atoms with Gasteiger partial charge in [0.05, 0.1) is 6.04 Å². The van der Waals surface area contributed by atoms with Crippen molar-refractivity contribution in [3.8, 4) is 17.2 Å². The first-order valence-corrected chi connectivity index (χ1v) is 14.5. The van der Waals surface area contributed by atoms with Crippen LogP contribution in [0.3, 0.4) is 0 Å². The number of fused-ring (bicyclic) bond motifs is 2. The first-order chi connectivity index (χ1) is 18.8. The summed E-state index contributed by atoms with van der Waals surface area (Å²) < 4.78 is 17.2. The van der Waals surface area contributed by atoms with Crippen LogP contribution in [0, 0.1) is 19.8 Å². The number of ether oxygens (including phenoxy) is 3. The highest BCUT2D eigenvalue weighted by Gasteiger charge is 2.34. The molecule has 0 saturated carbocycles. The van der Waals surface area contributed by atoms with Gasteiger partial charge < -0.3 is 24.0 Å². The van der Waals surface area contributed by atoms with Gasteiger partial charge in [-0.15, -0.1) is 11.3 Å². The lowest BCUT2D eigenvalue weighted by atomic mass is 10.00. The third kappa shape index (κ3) is 5.91. The number of rotatable bonds is 9. The lowest BCUT2D eigenvalue weighted by molar-refractivity contribution is -0.135. The highest BCUT2D eigenvalue weighted by Crippen LogP contribution is 2.35. The molecule has 0 spiro atoms. The minimum Gasteiger partial charge on any atom is -0.491 e. The summed E-state index contributed by atoms with van der Waals surface area (Å²) in [6, 6.07) is 13.2. The van der Waals surface area contributed by atoms with Gasteiger partial charge >= 0.3 is 0 Å². The van der Waals surface area contributed by atoms with Gasteiger partial charge in [0.1, 0.15) is 18.9 Å². The molecule has 39 heavy (non-hydrogen) atoms. The number of thiophene rings is 1. The Morgan fingerprint density at radius 2 is 1.95 bits per heavy atom. The van der Waals surface area contributed by atoms with E-state index in [9.17, 15) is 9.59 Å². The van der Waals surface area contributed by atoms with Crippen molar-refractivity contribution in [3.63, 3.8) is 0 Å². The predicted molar refractivity (Wildman–Crippen MR) is 152 cm³/mol. The van der Waals surface area contributed by atoms with Crippen molar-refractivity contribution in [2.24, 2.45) is 5.92 Å². The fourth-order valence-electron chi connectivity index (χ4n) is 5.20. The molecule has 5 rings (SSSR count). The maximum absolute atomic E-state index is 13.9. The van der Waals surface area contributed by atoms with E-state index in [0.717, 1.165) is 29.7 Å². The molecule has 206 valence electrons. The smallest absolute Gasteiger partial charge is 0.254 e. The summed E-state index contributed by atoms with van der Waals surface area (Å²) in [7, 11) is 0. The standard InChI is InChI=1S/C31H36N2O5S/c1-5-20(2)16-32(31(35)23-7-9-27-28(15-23)38-19-37-27)17-30(34)33-12-10-29-24(11-13-39-29)25(33)18-36-26-8-6-21(3)14-22(26)4/h6-9,11,13-15,20,25H,5,10,12,16-19H2,1-4H3/t20-,25-/m1/s1. The zero-order valence-electron chi connectivity index (χ0n) is 23.1. The molecule has 2 aliphatic heterocycles. The molecule has 2 aromatic carbocycles. The summed E-state index contributed by atoms with van der Waals surface area (Å²) in [5, 5.41) is 2.08. The van der Waals surface area contributed by atoms with Gasteiger partial charge in [-0.05, 0) is 73.0 Å². The molecule has 2 amide bonds. The normalized spacial score (nSPS) is 16.5. The topological polar surface area (TPSA) is 68.3 Å².